The number of ketones is 1. The fraction of sp³-hybridized carbons (Fsp3) is 0.211. The first-order valence-corrected chi connectivity index (χ1v) is 7.23. The van der Waals surface area contributed by atoms with Gasteiger partial charge in [-0.05, 0) is 18.1 Å². The molecule has 1 unspecified atom stereocenters. The van der Waals surface area contributed by atoms with Gasteiger partial charge in [-0.1, -0.05) is 60.2 Å². The molecule has 2 nitrogen and oxygen atoms in total. The van der Waals surface area contributed by atoms with Crippen LogP contribution in [-0.2, 0) is 4.79 Å². The molecule has 2 heteroatoms. The van der Waals surface area contributed by atoms with Crippen molar-refractivity contribution in [1.82, 2.24) is 4.90 Å². The highest BCUT2D eigenvalue weighted by Gasteiger charge is 2.29. The van der Waals surface area contributed by atoms with E-state index in [4.69, 9.17) is 0 Å². The summed E-state index contributed by atoms with van der Waals surface area (Å²) in [6, 6.07) is 18.2. The molecule has 2 aromatic carbocycles. The predicted octanol–water partition coefficient (Wildman–Crippen LogP) is 3.63. The Balaban J connectivity index is 2.00. The number of Topliss-reactive ketones (excluding diaryl/α,β-unsaturated/α-hetero) is 1. The van der Waals surface area contributed by atoms with Crippen LogP contribution in [-0.4, -0.2) is 24.3 Å². The number of likely N-dealkylation sites (N-methyl/N-ethyl adjacent to an activating group) is 1. The van der Waals surface area contributed by atoms with Crippen LogP contribution in [0.2, 0.25) is 0 Å². The molecule has 3 rings (SSSR count). The van der Waals surface area contributed by atoms with E-state index in [1.165, 1.54) is 5.56 Å². The quantitative estimate of drug-likeness (QED) is 0.835. The third-order valence-corrected chi connectivity index (χ3v) is 3.93. The Morgan fingerprint density at radius 1 is 1.05 bits per heavy atom. The Hall–Kier alpha value is -2.35. The van der Waals surface area contributed by atoms with Gasteiger partial charge in [-0.3, -0.25) is 4.79 Å². The summed E-state index contributed by atoms with van der Waals surface area (Å²) in [5.41, 5.74) is 4.09. The summed E-state index contributed by atoms with van der Waals surface area (Å²) in [5, 5.41) is 0. The summed E-state index contributed by atoms with van der Waals surface area (Å²) < 4.78 is 0. The van der Waals surface area contributed by atoms with Crippen LogP contribution >= 0.6 is 0 Å². The van der Waals surface area contributed by atoms with Crippen molar-refractivity contribution in [3.63, 3.8) is 0 Å². The van der Waals surface area contributed by atoms with E-state index < -0.39 is 0 Å². The number of benzene rings is 2. The van der Waals surface area contributed by atoms with Crippen LogP contribution in [0.5, 0.6) is 0 Å². The second-order valence-corrected chi connectivity index (χ2v) is 5.68. The molecule has 0 bridgehead atoms. The smallest absolute Gasteiger partial charge is 0.174 e. The van der Waals surface area contributed by atoms with Gasteiger partial charge in [0, 0.05) is 25.4 Å². The highest BCUT2D eigenvalue weighted by molar-refractivity contribution is 6.24. The van der Waals surface area contributed by atoms with E-state index in [1.807, 2.05) is 49.6 Å². The summed E-state index contributed by atoms with van der Waals surface area (Å²) in [5.74, 6) is 0.125. The molecule has 0 aromatic heterocycles. The minimum absolute atomic E-state index is 0.0879. The molecule has 0 radical (unpaired) electrons. The fourth-order valence-corrected chi connectivity index (χ4v) is 2.87. The third-order valence-electron chi connectivity index (χ3n) is 3.93. The normalized spacial score (nSPS) is 18.6. The Kier molecular flexibility index (Phi) is 3.61. The molecule has 1 aliphatic rings. The molecule has 0 saturated carbocycles. The summed E-state index contributed by atoms with van der Waals surface area (Å²) in [4.78, 5) is 15.0. The maximum Gasteiger partial charge on any atom is 0.174 e. The van der Waals surface area contributed by atoms with Crippen molar-refractivity contribution in [3.05, 3.63) is 77.5 Å². The average molecular weight is 277 g/mol. The fourth-order valence-electron chi connectivity index (χ4n) is 2.87. The zero-order valence-electron chi connectivity index (χ0n) is 12.4. The molecule has 106 valence electrons. The van der Waals surface area contributed by atoms with E-state index in [0.717, 1.165) is 23.2 Å². The van der Waals surface area contributed by atoms with Crippen LogP contribution in [0.25, 0.3) is 5.57 Å². The van der Waals surface area contributed by atoms with Crippen molar-refractivity contribution in [3.8, 4) is 0 Å². The first-order valence-electron chi connectivity index (χ1n) is 7.23. The molecule has 21 heavy (non-hydrogen) atoms. The molecule has 0 aliphatic carbocycles. The van der Waals surface area contributed by atoms with Gasteiger partial charge in [-0.2, -0.15) is 0 Å². The second kappa shape index (κ2) is 5.57. The van der Waals surface area contributed by atoms with Gasteiger partial charge in [0.15, 0.2) is 5.78 Å². The highest BCUT2D eigenvalue weighted by atomic mass is 16.1. The standard InChI is InChI=1S/C19H19NO/c1-14-7-6-10-16(11-14)18-13-20(2)12-17(19(18)21)15-8-4-3-5-9-15/h3-12,18H,13H2,1-2H3. The average Bonchev–Trinajstić information content (AvgIpc) is 2.50. The van der Waals surface area contributed by atoms with E-state index in [9.17, 15) is 4.79 Å². The number of hydrogen-bond acceptors (Lipinski definition) is 2. The second-order valence-electron chi connectivity index (χ2n) is 5.68. The molecule has 0 amide bonds. The molecular formula is C19H19NO. The van der Waals surface area contributed by atoms with Crippen molar-refractivity contribution >= 4 is 11.4 Å². The van der Waals surface area contributed by atoms with E-state index in [2.05, 4.69) is 30.0 Å². The molecule has 2 aromatic rings. The monoisotopic (exact) mass is 277 g/mol. The lowest BCUT2D eigenvalue weighted by Crippen LogP contribution is -2.31. The third kappa shape index (κ3) is 2.75. The maximum absolute atomic E-state index is 12.9. The lowest BCUT2D eigenvalue weighted by atomic mass is 9.85. The number of carbonyl (C=O) groups is 1. The molecule has 0 fully saturated rings. The Bertz CT molecular complexity index is 688. The molecule has 0 spiro atoms. The largest absolute Gasteiger partial charge is 0.379 e. The van der Waals surface area contributed by atoms with Gasteiger partial charge in [0.25, 0.3) is 0 Å². The summed E-state index contributed by atoms with van der Waals surface area (Å²) in [6.45, 7) is 2.80. The van der Waals surface area contributed by atoms with Gasteiger partial charge in [0.05, 0.1) is 5.92 Å². The van der Waals surface area contributed by atoms with Crippen LogP contribution in [0, 0.1) is 6.92 Å². The molecule has 1 heterocycles. The molecule has 1 atom stereocenters. The number of rotatable bonds is 2. The van der Waals surface area contributed by atoms with Gasteiger partial charge in [-0.15, -0.1) is 0 Å². The highest BCUT2D eigenvalue weighted by Crippen LogP contribution is 2.31. The number of hydrogen-bond donors (Lipinski definition) is 0. The van der Waals surface area contributed by atoms with E-state index in [-0.39, 0.29) is 11.7 Å². The van der Waals surface area contributed by atoms with Crippen molar-refractivity contribution in [2.24, 2.45) is 0 Å². The lowest BCUT2D eigenvalue weighted by molar-refractivity contribution is -0.115. The van der Waals surface area contributed by atoms with E-state index in [1.54, 1.807) is 0 Å². The van der Waals surface area contributed by atoms with Gasteiger partial charge in [-0.25, -0.2) is 0 Å². The zero-order valence-corrected chi connectivity index (χ0v) is 12.4. The van der Waals surface area contributed by atoms with E-state index >= 15 is 0 Å². The number of carbonyl (C=O) groups excluding carboxylic acids is 1. The maximum atomic E-state index is 12.9. The summed E-state index contributed by atoms with van der Waals surface area (Å²) >= 11 is 0. The van der Waals surface area contributed by atoms with Gasteiger partial charge >= 0.3 is 0 Å². The Morgan fingerprint density at radius 3 is 2.52 bits per heavy atom. The lowest BCUT2D eigenvalue weighted by Gasteiger charge is -2.29. The first kappa shape index (κ1) is 13.6. The van der Waals surface area contributed by atoms with Crippen molar-refractivity contribution < 1.29 is 4.79 Å². The Morgan fingerprint density at radius 2 is 1.81 bits per heavy atom. The molecule has 0 saturated heterocycles. The summed E-state index contributed by atoms with van der Waals surface area (Å²) in [6.07, 6.45) is 1.96. The minimum atomic E-state index is -0.0879. The van der Waals surface area contributed by atoms with Crippen molar-refractivity contribution in [2.45, 2.75) is 12.8 Å². The van der Waals surface area contributed by atoms with Gasteiger partial charge in [0.2, 0.25) is 0 Å². The van der Waals surface area contributed by atoms with Gasteiger partial charge in [0.1, 0.15) is 0 Å². The molecule has 1 aliphatic heterocycles. The van der Waals surface area contributed by atoms with Crippen LogP contribution in [0.15, 0.2) is 60.8 Å². The van der Waals surface area contributed by atoms with Crippen LogP contribution in [0.4, 0.5) is 0 Å². The number of nitrogens with zero attached hydrogens (tertiary/aromatic N) is 1. The summed E-state index contributed by atoms with van der Waals surface area (Å²) in [7, 11) is 2.03. The molecular weight excluding hydrogens is 258 g/mol. The van der Waals surface area contributed by atoms with Crippen LogP contribution in [0.3, 0.4) is 0 Å². The number of aryl methyl sites for hydroxylation is 1. The SMILES string of the molecule is Cc1cccc(C2CN(C)C=C(c3ccccc3)C2=O)c1. The van der Waals surface area contributed by atoms with E-state index in [0.29, 0.717) is 0 Å². The Labute approximate surface area is 125 Å². The first-order chi connectivity index (χ1) is 10.1. The van der Waals surface area contributed by atoms with Crippen LogP contribution in [0.1, 0.15) is 22.6 Å². The molecule has 0 N–H and O–H groups in total. The van der Waals surface area contributed by atoms with Crippen molar-refractivity contribution in [2.75, 3.05) is 13.6 Å². The number of allylic oxidation sites excluding steroid dienone is 1. The predicted molar refractivity (Wildman–Crippen MR) is 86.0 cm³/mol. The topological polar surface area (TPSA) is 20.3 Å². The van der Waals surface area contributed by atoms with Crippen LogP contribution < -0.4 is 0 Å². The van der Waals surface area contributed by atoms with Crippen molar-refractivity contribution in [1.29, 1.82) is 0 Å². The van der Waals surface area contributed by atoms with Gasteiger partial charge < -0.3 is 4.90 Å². The zero-order chi connectivity index (χ0) is 14.8. The minimum Gasteiger partial charge on any atom is -0.379 e.